The second-order valence-corrected chi connectivity index (χ2v) is 4.86. The van der Waals surface area contributed by atoms with E-state index in [1.54, 1.807) is 6.92 Å². The van der Waals surface area contributed by atoms with Gasteiger partial charge in [-0.3, -0.25) is 0 Å². The summed E-state index contributed by atoms with van der Waals surface area (Å²) in [5.41, 5.74) is 5.01. The summed E-state index contributed by atoms with van der Waals surface area (Å²) in [5, 5.41) is 2.42. The van der Waals surface area contributed by atoms with Gasteiger partial charge in [0.05, 0.1) is 5.56 Å². The fourth-order valence-corrected chi connectivity index (χ4v) is 1.75. The number of alkyl halides is 3. The molecule has 0 bridgehead atoms. The third-order valence-electron chi connectivity index (χ3n) is 2.20. The van der Waals surface area contributed by atoms with E-state index in [-0.39, 0.29) is 21.9 Å². The summed E-state index contributed by atoms with van der Waals surface area (Å²) in [4.78, 5) is 7.44. The molecule has 0 aliphatic rings. The van der Waals surface area contributed by atoms with Gasteiger partial charge in [-0.2, -0.15) is 13.2 Å². The maximum Gasteiger partial charge on any atom is 0.417 e. The Labute approximate surface area is 140 Å². The number of pyridine rings is 1. The quantitative estimate of drug-likeness (QED) is 0.486. The first kappa shape index (κ1) is 18.9. The maximum absolute atomic E-state index is 12.5. The Kier molecular flexibility index (Phi) is 6.52. The minimum atomic E-state index is -4.55. The summed E-state index contributed by atoms with van der Waals surface area (Å²) in [7, 11) is 0. The van der Waals surface area contributed by atoms with Gasteiger partial charge in [0.2, 0.25) is 5.88 Å². The van der Waals surface area contributed by atoms with Crippen molar-refractivity contribution < 1.29 is 17.9 Å². The molecule has 0 saturated heterocycles. The summed E-state index contributed by atoms with van der Waals surface area (Å²) in [5.74, 6) is -0.421. The van der Waals surface area contributed by atoms with Crippen molar-refractivity contribution >= 4 is 34.6 Å². The van der Waals surface area contributed by atoms with Crippen LogP contribution in [0, 0.1) is 0 Å². The fraction of sp³-hybridized carbons (Fsp3) is 0.154. The van der Waals surface area contributed by atoms with E-state index in [9.17, 15) is 13.2 Å². The van der Waals surface area contributed by atoms with E-state index in [1.165, 1.54) is 12.3 Å². The highest BCUT2D eigenvalue weighted by Gasteiger charge is 2.31. The molecule has 10 heteroatoms. The highest BCUT2D eigenvalue weighted by atomic mass is 35.5. The van der Waals surface area contributed by atoms with E-state index in [2.05, 4.69) is 21.9 Å². The number of thiocarbonyl (C=S) groups is 1. The molecule has 0 atom stereocenters. The summed E-state index contributed by atoms with van der Waals surface area (Å²) in [6.45, 7) is 5.02. The van der Waals surface area contributed by atoms with Crippen LogP contribution in [0.25, 0.3) is 0 Å². The Balaban J connectivity index is 2.89. The normalized spacial score (nSPS) is 12.7. The fourth-order valence-electron chi connectivity index (χ4n) is 1.31. The zero-order chi connectivity index (χ0) is 17.6. The average molecular weight is 365 g/mol. The lowest BCUT2D eigenvalue weighted by atomic mass is 10.3. The second-order valence-electron chi connectivity index (χ2n) is 4.06. The van der Waals surface area contributed by atoms with E-state index >= 15 is 0 Å². The van der Waals surface area contributed by atoms with Crippen molar-refractivity contribution in [2.75, 3.05) is 0 Å². The number of rotatable bonds is 4. The van der Waals surface area contributed by atoms with Crippen LogP contribution < -0.4 is 15.8 Å². The molecular weight excluding hydrogens is 353 g/mol. The molecule has 0 aliphatic heterocycles. The molecule has 23 heavy (non-hydrogen) atoms. The lowest BCUT2D eigenvalue weighted by molar-refractivity contribution is -0.137. The smallest absolute Gasteiger partial charge is 0.417 e. The molecule has 0 aromatic carbocycles. The largest absolute Gasteiger partial charge is 0.422 e. The number of nitrogens with one attached hydrogen (secondary N) is 1. The summed E-state index contributed by atoms with van der Waals surface area (Å²) in [6, 6.07) is 0.696. The number of halogens is 4. The van der Waals surface area contributed by atoms with Gasteiger partial charge in [-0.05, 0) is 31.4 Å². The molecule has 0 unspecified atom stereocenters. The van der Waals surface area contributed by atoms with Crippen LogP contribution in [-0.4, -0.2) is 15.8 Å². The molecule has 3 N–H and O–H groups in total. The van der Waals surface area contributed by atoms with Crippen molar-refractivity contribution in [3.8, 4) is 5.88 Å². The SMILES string of the molecule is C=CNC(=S)N=C(C)C=C(N)Oc1ncc(C(F)(F)F)cc1Cl. The molecule has 0 saturated carbocycles. The van der Waals surface area contributed by atoms with Gasteiger partial charge in [-0.25, -0.2) is 9.98 Å². The number of hydrogen-bond donors (Lipinski definition) is 2. The predicted octanol–water partition coefficient (Wildman–Crippen LogP) is 3.41. The Morgan fingerprint density at radius 1 is 1.57 bits per heavy atom. The molecular formula is C13H12ClF3N4OS. The number of hydrogen-bond acceptors (Lipinski definition) is 4. The van der Waals surface area contributed by atoms with Crippen LogP contribution in [0.15, 0.2) is 42.0 Å². The molecule has 0 spiro atoms. The monoisotopic (exact) mass is 364 g/mol. The summed E-state index contributed by atoms with van der Waals surface area (Å²) < 4.78 is 42.6. The van der Waals surface area contributed by atoms with E-state index in [0.29, 0.717) is 18.0 Å². The second kappa shape index (κ2) is 7.93. The summed E-state index contributed by atoms with van der Waals surface area (Å²) >= 11 is 10.6. The zero-order valence-corrected chi connectivity index (χ0v) is 13.4. The number of aromatic nitrogens is 1. The number of nitrogens with zero attached hydrogens (tertiary/aromatic N) is 2. The predicted molar refractivity (Wildman–Crippen MR) is 86.2 cm³/mol. The highest BCUT2D eigenvalue weighted by Crippen LogP contribution is 2.33. The van der Waals surface area contributed by atoms with Gasteiger partial charge in [-0.1, -0.05) is 18.2 Å². The molecule has 0 aliphatic carbocycles. The van der Waals surface area contributed by atoms with Crippen LogP contribution in [0.2, 0.25) is 5.02 Å². The first-order chi connectivity index (χ1) is 10.6. The Bertz CT molecular complexity index is 674. The van der Waals surface area contributed by atoms with Crippen LogP contribution in [0.5, 0.6) is 5.88 Å². The van der Waals surface area contributed by atoms with E-state index in [0.717, 1.165) is 0 Å². The van der Waals surface area contributed by atoms with Crippen LogP contribution in [0.3, 0.4) is 0 Å². The van der Waals surface area contributed by atoms with Crippen molar-refractivity contribution in [1.29, 1.82) is 0 Å². The van der Waals surface area contributed by atoms with Crippen LogP contribution >= 0.6 is 23.8 Å². The standard InChI is InChI=1S/C13H12ClF3N4OS/c1-3-19-12(23)21-7(2)4-10(18)22-11-9(14)5-8(6-20-11)13(15,16)17/h3-6H,1,18H2,2H3,(H,19,23). The number of aliphatic imine (C=N–C) groups is 1. The van der Waals surface area contributed by atoms with Gasteiger partial charge in [-0.15, -0.1) is 0 Å². The minimum absolute atomic E-state index is 0.159. The van der Waals surface area contributed by atoms with Crippen molar-refractivity contribution in [3.63, 3.8) is 0 Å². The first-order valence-electron chi connectivity index (χ1n) is 5.98. The van der Waals surface area contributed by atoms with Gasteiger partial charge < -0.3 is 15.8 Å². The number of nitrogens with two attached hydrogens (primary N) is 1. The summed E-state index contributed by atoms with van der Waals surface area (Å²) in [6.07, 6.45) is -1.28. The van der Waals surface area contributed by atoms with Crippen LogP contribution in [0.4, 0.5) is 13.2 Å². The molecule has 0 radical (unpaired) electrons. The average Bonchev–Trinajstić information content (AvgIpc) is 2.39. The van der Waals surface area contributed by atoms with E-state index < -0.39 is 11.7 Å². The Morgan fingerprint density at radius 3 is 2.74 bits per heavy atom. The van der Waals surface area contributed by atoms with E-state index in [4.69, 9.17) is 34.3 Å². The van der Waals surface area contributed by atoms with Crippen LogP contribution in [0.1, 0.15) is 12.5 Å². The third kappa shape index (κ3) is 6.25. The lowest BCUT2D eigenvalue weighted by Gasteiger charge is -2.10. The van der Waals surface area contributed by atoms with Crippen molar-refractivity contribution in [2.24, 2.45) is 10.7 Å². The molecule has 5 nitrogen and oxygen atoms in total. The van der Waals surface area contributed by atoms with E-state index in [1.807, 2.05) is 0 Å². The van der Waals surface area contributed by atoms with Crippen molar-refractivity contribution in [1.82, 2.24) is 10.3 Å². The topological polar surface area (TPSA) is 72.5 Å². The molecule has 1 heterocycles. The molecule has 124 valence electrons. The Morgan fingerprint density at radius 2 is 2.22 bits per heavy atom. The van der Waals surface area contributed by atoms with Gasteiger partial charge >= 0.3 is 6.18 Å². The van der Waals surface area contributed by atoms with Gasteiger partial charge in [0, 0.05) is 18.0 Å². The van der Waals surface area contributed by atoms with Gasteiger partial charge in [0.15, 0.2) is 11.0 Å². The molecule has 1 rings (SSSR count). The van der Waals surface area contributed by atoms with Gasteiger partial charge in [0.25, 0.3) is 0 Å². The highest BCUT2D eigenvalue weighted by molar-refractivity contribution is 7.80. The molecule has 0 fully saturated rings. The van der Waals surface area contributed by atoms with Crippen LogP contribution in [-0.2, 0) is 6.18 Å². The molecule has 1 aromatic rings. The minimum Gasteiger partial charge on any atom is -0.422 e. The zero-order valence-electron chi connectivity index (χ0n) is 11.8. The third-order valence-corrected chi connectivity index (χ3v) is 2.68. The molecule has 1 aromatic heterocycles. The van der Waals surface area contributed by atoms with Crippen molar-refractivity contribution in [2.45, 2.75) is 13.1 Å². The number of ether oxygens (including phenoxy) is 1. The van der Waals surface area contributed by atoms with Crippen molar-refractivity contribution in [3.05, 3.63) is 47.6 Å². The Hall–Kier alpha value is -2.13. The first-order valence-corrected chi connectivity index (χ1v) is 6.76. The maximum atomic E-state index is 12.5. The molecule has 0 amide bonds. The lowest BCUT2D eigenvalue weighted by Crippen LogP contribution is -2.14. The van der Waals surface area contributed by atoms with Gasteiger partial charge in [0.1, 0.15) is 5.02 Å². The number of allylic oxidation sites excluding steroid dienone is 1.